The third-order valence-electron chi connectivity index (χ3n) is 4.29. The van der Waals surface area contributed by atoms with Crippen molar-refractivity contribution in [3.63, 3.8) is 0 Å². The standard InChI is InChI=1S/C19H20N2O3/c1-13-5-4-7-14(11-13)17-18(22)20-9-10-21(17)12-15-6-2-3-8-16(15)19(23)24/h2-8,11,17H,9-10,12H2,1H3,(H,20,22)(H,23,24). The molecule has 0 radical (unpaired) electrons. The van der Waals surface area contributed by atoms with Crippen LogP contribution in [0.15, 0.2) is 48.5 Å². The number of hydrogen-bond donors (Lipinski definition) is 2. The predicted octanol–water partition coefficient (Wildman–Crippen LogP) is 2.37. The second kappa shape index (κ2) is 6.84. The van der Waals surface area contributed by atoms with Crippen molar-refractivity contribution in [2.24, 2.45) is 0 Å². The molecule has 2 aromatic rings. The van der Waals surface area contributed by atoms with Gasteiger partial charge in [-0.15, -0.1) is 0 Å². The molecule has 1 aliphatic rings. The van der Waals surface area contributed by atoms with E-state index in [0.29, 0.717) is 19.6 Å². The van der Waals surface area contributed by atoms with Gasteiger partial charge in [-0.2, -0.15) is 0 Å². The second-order valence-electron chi connectivity index (χ2n) is 6.04. The number of aromatic carboxylic acids is 1. The molecule has 124 valence electrons. The van der Waals surface area contributed by atoms with Gasteiger partial charge in [-0.1, -0.05) is 48.0 Å². The van der Waals surface area contributed by atoms with Crippen LogP contribution in [0.25, 0.3) is 0 Å². The normalized spacial score (nSPS) is 18.2. The fraction of sp³-hybridized carbons (Fsp3) is 0.263. The van der Waals surface area contributed by atoms with E-state index in [1.807, 2.05) is 48.2 Å². The van der Waals surface area contributed by atoms with Crippen LogP contribution in [0.3, 0.4) is 0 Å². The van der Waals surface area contributed by atoms with Gasteiger partial charge in [0.15, 0.2) is 0 Å². The van der Waals surface area contributed by atoms with E-state index in [4.69, 9.17) is 0 Å². The summed E-state index contributed by atoms with van der Waals surface area (Å²) in [5.74, 6) is -0.987. The molecule has 24 heavy (non-hydrogen) atoms. The highest BCUT2D eigenvalue weighted by molar-refractivity contribution is 5.89. The predicted molar refractivity (Wildman–Crippen MR) is 90.7 cm³/mol. The molecule has 1 heterocycles. The van der Waals surface area contributed by atoms with Crippen LogP contribution < -0.4 is 5.32 Å². The molecule has 1 unspecified atom stereocenters. The molecule has 5 heteroatoms. The van der Waals surface area contributed by atoms with E-state index < -0.39 is 12.0 Å². The SMILES string of the molecule is Cc1cccc(C2C(=O)NCCN2Cc2ccccc2C(=O)O)c1. The quantitative estimate of drug-likeness (QED) is 0.906. The molecule has 1 saturated heterocycles. The Balaban J connectivity index is 1.93. The summed E-state index contributed by atoms with van der Waals surface area (Å²) in [5.41, 5.74) is 3.03. The number of rotatable bonds is 4. The molecule has 1 atom stereocenters. The highest BCUT2D eigenvalue weighted by Crippen LogP contribution is 2.26. The summed E-state index contributed by atoms with van der Waals surface area (Å²) in [6.07, 6.45) is 0. The van der Waals surface area contributed by atoms with Gasteiger partial charge in [-0.25, -0.2) is 4.79 Å². The Hall–Kier alpha value is -2.66. The number of carbonyl (C=O) groups excluding carboxylic acids is 1. The summed E-state index contributed by atoms with van der Waals surface area (Å²) < 4.78 is 0. The van der Waals surface area contributed by atoms with Crippen LogP contribution >= 0.6 is 0 Å². The van der Waals surface area contributed by atoms with E-state index in [2.05, 4.69) is 5.32 Å². The van der Waals surface area contributed by atoms with Gasteiger partial charge in [-0.3, -0.25) is 9.69 Å². The lowest BCUT2D eigenvalue weighted by atomic mass is 9.99. The van der Waals surface area contributed by atoms with Crippen molar-refractivity contribution in [2.75, 3.05) is 13.1 Å². The maximum Gasteiger partial charge on any atom is 0.336 e. The maximum atomic E-state index is 12.5. The van der Waals surface area contributed by atoms with Gasteiger partial charge in [0, 0.05) is 19.6 Å². The van der Waals surface area contributed by atoms with E-state index in [1.54, 1.807) is 12.1 Å². The number of benzene rings is 2. The van der Waals surface area contributed by atoms with Gasteiger partial charge in [0.1, 0.15) is 6.04 Å². The van der Waals surface area contributed by atoms with Gasteiger partial charge in [0.2, 0.25) is 5.91 Å². The van der Waals surface area contributed by atoms with Crippen molar-refractivity contribution in [1.29, 1.82) is 0 Å². The van der Waals surface area contributed by atoms with Crippen LogP contribution in [-0.2, 0) is 11.3 Å². The molecule has 5 nitrogen and oxygen atoms in total. The Labute approximate surface area is 140 Å². The first kappa shape index (κ1) is 16.2. The average molecular weight is 324 g/mol. The number of amides is 1. The number of aryl methyl sites for hydroxylation is 1. The summed E-state index contributed by atoms with van der Waals surface area (Å²) >= 11 is 0. The minimum absolute atomic E-state index is 0.0420. The molecular weight excluding hydrogens is 304 g/mol. The second-order valence-corrected chi connectivity index (χ2v) is 6.04. The van der Waals surface area contributed by atoms with Crippen molar-refractivity contribution in [3.05, 3.63) is 70.8 Å². The Morgan fingerprint density at radius 1 is 1.25 bits per heavy atom. The third kappa shape index (κ3) is 3.31. The molecule has 2 N–H and O–H groups in total. The van der Waals surface area contributed by atoms with Crippen molar-refractivity contribution in [1.82, 2.24) is 10.2 Å². The Morgan fingerprint density at radius 3 is 2.79 bits per heavy atom. The van der Waals surface area contributed by atoms with E-state index in [-0.39, 0.29) is 11.5 Å². The van der Waals surface area contributed by atoms with Gasteiger partial charge < -0.3 is 10.4 Å². The van der Waals surface area contributed by atoms with Crippen LogP contribution in [0.2, 0.25) is 0 Å². The van der Waals surface area contributed by atoms with Gasteiger partial charge in [-0.05, 0) is 24.1 Å². The Bertz CT molecular complexity index is 773. The van der Waals surface area contributed by atoms with Crippen molar-refractivity contribution in [3.8, 4) is 0 Å². The first-order valence-electron chi connectivity index (χ1n) is 7.96. The van der Waals surface area contributed by atoms with Crippen LogP contribution in [-0.4, -0.2) is 35.0 Å². The van der Waals surface area contributed by atoms with Crippen LogP contribution in [0, 0.1) is 6.92 Å². The minimum atomic E-state index is -0.945. The van der Waals surface area contributed by atoms with Crippen LogP contribution in [0.5, 0.6) is 0 Å². The summed E-state index contributed by atoms with van der Waals surface area (Å²) in [6, 6.07) is 14.4. The van der Waals surface area contributed by atoms with Crippen molar-refractivity contribution < 1.29 is 14.7 Å². The van der Waals surface area contributed by atoms with E-state index >= 15 is 0 Å². The Kier molecular flexibility index (Phi) is 4.62. The van der Waals surface area contributed by atoms with Crippen LogP contribution in [0.4, 0.5) is 0 Å². The van der Waals surface area contributed by atoms with E-state index in [0.717, 1.165) is 16.7 Å². The summed E-state index contributed by atoms with van der Waals surface area (Å²) in [4.78, 5) is 25.9. The molecule has 1 fully saturated rings. The molecule has 1 aliphatic heterocycles. The third-order valence-corrected chi connectivity index (χ3v) is 4.29. The molecule has 0 aliphatic carbocycles. The summed E-state index contributed by atoms with van der Waals surface area (Å²) in [5, 5.41) is 12.3. The number of piperazine rings is 1. The average Bonchev–Trinajstić information content (AvgIpc) is 2.55. The van der Waals surface area contributed by atoms with Crippen molar-refractivity contribution >= 4 is 11.9 Å². The lowest BCUT2D eigenvalue weighted by molar-refractivity contribution is -0.129. The zero-order valence-electron chi connectivity index (χ0n) is 13.5. The molecule has 0 saturated carbocycles. The first-order chi connectivity index (χ1) is 11.6. The van der Waals surface area contributed by atoms with Crippen LogP contribution in [0.1, 0.15) is 33.1 Å². The van der Waals surface area contributed by atoms with Gasteiger partial charge >= 0.3 is 5.97 Å². The number of nitrogens with zero attached hydrogens (tertiary/aromatic N) is 1. The smallest absolute Gasteiger partial charge is 0.336 e. The molecule has 0 spiro atoms. The molecule has 0 bridgehead atoms. The van der Waals surface area contributed by atoms with Gasteiger partial charge in [0.05, 0.1) is 5.56 Å². The minimum Gasteiger partial charge on any atom is -0.478 e. The number of carboxylic acid groups (broad SMARTS) is 1. The van der Waals surface area contributed by atoms with E-state index in [1.165, 1.54) is 0 Å². The fourth-order valence-electron chi connectivity index (χ4n) is 3.17. The number of carbonyl (C=O) groups is 2. The molecule has 0 aromatic heterocycles. The monoisotopic (exact) mass is 324 g/mol. The largest absolute Gasteiger partial charge is 0.478 e. The number of nitrogens with one attached hydrogen (secondary N) is 1. The van der Waals surface area contributed by atoms with E-state index in [9.17, 15) is 14.7 Å². The Morgan fingerprint density at radius 2 is 2.04 bits per heavy atom. The molecule has 2 aromatic carbocycles. The highest BCUT2D eigenvalue weighted by Gasteiger charge is 2.31. The van der Waals surface area contributed by atoms with Gasteiger partial charge in [0.25, 0.3) is 0 Å². The zero-order chi connectivity index (χ0) is 17.1. The summed E-state index contributed by atoms with van der Waals surface area (Å²) in [7, 11) is 0. The topological polar surface area (TPSA) is 69.6 Å². The lowest BCUT2D eigenvalue weighted by Gasteiger charge is -2.35. The number of carboxylic acids is 1. The molecular formula is C19H20N2O3. The van der Waals surface area contributed by atoms with Crippen molar-refractivity contribution in [2.45, 2.75) is 19.5 Å². The molecule has 3 rings (SSSR count). The maximum absolute atomic E-state index is 12.5. The number of hydrogen-bond acceptors (Lipinski definition) is 3. The summed E-state index contributed by atoms with van der Waals surface area (Å²) in [6.45, 7) is 3.66. The lowest BCUT2D eigenvalue weighted by Crippen LogP contribution is -2.49. The first-order valence-corrected chi connectivity index (χ1v) is 7.96. The fourth-order valence-corrected chi connectivity index (χ4v) is 3.17. The molecule has 1 amide bonds. The highest BCUT2D eigenvalue weighted by atomic mass is 16.4. The zero-order valence-corrected chi connectivity index (χ0v) is 13.5.